The summed E-state index contributed by atoms with van der Waals surface area (Å²) in [5.41, 5.74) is 2.67. The maximum Gasteiger partial charge on any atom is 0.306 e. The van der Waals surface area contributed by atoms with Gasteiger partial charge in [-0.25, -0.2) is 15.0 Å². The topological polar surface area (TPSA) is 108 Å². The molecule has 1 aromatic carbocycles. The molecule has 33 heavy (non-hydrogen) atoms. The van der Waals surface area contributed by atoms with E-state index in [4.69, 9.17) is 0 Å². The zero-order chi connectivity index (χ0) is 23.8. The minimum Gasteiger partial charge on any atom is -0.481 e. The summed E-state index contributed by atoms with van der Waals surface area (Å²) in [6.45, 7) is 5.74. The number of thiazole rings is 1. The fourth-order valence-corrected chi connectivity index (χ4v) is 6.01. The molecule has 0 unspecified atom stereocenters. The summed E-state index contributed by atoms with van der Waals surface area (Å²) in [5.74, 6) is -0.527. The Morgan fingerprint density at radius 3 is 2.61 bits per heavy atom. The second-order valence-corrected chi connectivity index (χ2v) is 10.7. The smallest absolute Gasteiger partial charge is 0.306 e. The SMILES string of the molecule is Cc1ccnc(Nc2cc(C)c(Br)c(-c3cnc([C@](C)(O)C4CCC(C(=O)O)CC4)s3)c2)n1. The van der Waals surface area contributed by atoms with Crippen molar-refractivity contribution in [1.29, 1.82) is 0 Å². The van der Waals surface area contributed by atoms with E-state index >= 15 is 0 Å². The Hall–Kier alpha value is -2.36. The number of aliphatic carboxylic acids is 1. The van der Waals surface area contributed by atoms with Crippen LogP contribution in [-0.2, 0) is 10.4 Å². The van der Waals surface area contributed by atoms with Crippen molar-refractivity contribution in [3.63, 3.8) is 0 Å². The molecular weight excluding hydrogens is 504 g/mol. The van der Waals surface area contributed by atoms with E-state index in [9.17, 15) is 15.0 Å². The number of rotatable bonds is 6. The van der Waals surface area contributed by atoms with Gasteiger partial charge >= 0.3 is 5.97 Å². The van der Waals surface area contributed by atoms with Crippen molar-refractivity contribution in [3.8, 4) is 10.4 Å². The van der Waals surface area contributed by atoms with Crippen molar-refractivity contribution in [2.45, 2.75) is 52.1 Å². The minimum atomic E-state index is -1.10. The second kappa shape index (κ2) is 9.48. The third-order valence-corrected chi connectivity index (χ3v) is 8.69. The number of carbonyl (C=O) groups is 1. The lowest BCUT2D eigenvalue weighted by atomic mass is 9.74. The van der Waals surface area contributed by atoms with Crippen molar-refractivity contribution >= 4 is 44.9 Å². The molecule has 0 saturated heterocycles. The number of hydrogen-bond donors (Lipinski definition) is 3. The molecule has 1 atom stereocenters. The number of aromatic nitrogens is 3. The molecule has 0 amide bonds. The summed E-state index contributed by atoms with van der Waals surface area (Å²) in [7, 11) is 0. The van der Waals surface area contributed by atoms with Gasteiger partial charge in [0.1, 0.15) is 10.6 Å². The first-order chi connectivity index (χ1) is 15.6. The zero-order valence-electron chi connectivity index (χ0n) is 18.8. The number of aliphatic hydroxyl groups is 1. The average molecular weight is 531 g/mol. The summed E-state index contributed by atoms with van der Waals surface area (Å²) >= 11 is 5.17. The number of carboxylic acids is 1. The lowest BCUT2D eigenvalue weighted by molar-refractivity contribution is -0.144. The van der Waals surface area contributed by atoms with Gasteiger partial charge in [0.15, 0.2) is 0 Å². The summed E-state index contributed by atoms with van der Waals surface area (Å²) in [5, 5.41) is 24.5. The first-order valence-electron chi connectivity index (χ1n) is 10.9. The third kappa shape index (κ3) is 5.10. The van der Waals surface area contributed by atoms with Crippen LogP contribution in [0.2, 0.25) is 0 Å². The molecule has 174 valence electrons. The molecule has 1 saturated carbocycles. The quantitative estimate of drug-likeness (QED) is 0.368. The Bertz CT molecular complexity index is 1170. The fourth-order valence-electron chi connectivity index (χ4n) is 4.37. The number of benzene rings is 1. The Morgan fingerprint density at radius 1 is 1.21 bits per heavy atom. The molecule has 0 bridgehead atoms. The first-order valence-corrected chi connectivity index (χ1v) is 12.5. The number of nitrogens with zero attached hydrogens (tertiary/aromatic N) is 3. The Morgan fingerprint density at radius 2 is 1.94 bits per heavy atom. The van der Waals surface area contributed by atoms with Gasteiger partial charge in [0, 0.05) is 33.8 Å². The molecule has 0 radical (unpaired) electrons. The molecule has 1 aliphatic rings. The van der Waals surface area contributed by atoms with E-state index in [2.05, 4.69) is 36.2 Å². The van der Waals surface area contributed by atoms with Gasteiger partial charge in [-0.05, 0) is 92.1 Å². The molecule has 3 aromatic rings. The number of nitrogens with one attached hydrogen (secondary N) is 1. The molecule has 0 aliphatic heterocycles. The van der Waals surface area contributed by atoms with Crippen LogP contribution in [0.5, 0.6) is 0 Å². The van der Waals surface area contributed by atoms with Gasteiger partial charge in [-0.2, -0.15) is 0 Å². The molecule has 2 heterocycles. The van der Waals surface area contributed by atoms with E-state index in [0.717, 1.165) is 31.9 Å². The highest BCUT2D eigenvalue weighted by molar-refractivity contribution is 9.10. The van der Waals surface area contributed by atoms with E-state index in [1.807, 2.05) is 32.0 Å². The Labute approximate surface area is 205 Å². The van der Waals surface area contributed by atoms with E-state index in [1.54, 1.807) is 19.3 Å². The van der Waals surface area contributed by atoms with Crippen LogP contribution >= 0.6 is 27.3 Å². The highest BCUT2D eigenvalue weighted by atomic mass is 79.9. The van der Waals surface area contributed by atoms with Crippen LogP contribution in [0.1, 0.15) is 48.9 Å². The van der Waals surface area contributed by atoms with Crippen molar-refractivity contribution in [1.82, 2.24) is 15.0 Å². The number of aryl methyl sites for hydroxylation is 2. The van der Waals surface area contributed by atoms with Gasteiger partial charge in [0.25, 0.3) is 0 Å². The van der Waals surface area contributed by atoms with Crippen molar-refractivity contribution in [3.05, 3.63) is 51.3 Å². The number of carboxylic acid groups (broad SMARTS) is 1. The van der Waals surface area contributed by atoms with E-state index in [0.29, 0.717) is 36.6 Å². The molecule has 3 N–H and O–H groups in total. The normalized spacial score (nSPS) is 20.3. The minimum absolute atomic E-state index is 0.0104. The van der Waals surface area contributed by atoms with Crippen LogP contribution in [0, 0.1) is 25.7 Å². The Balaban J connectivity index is 1.59. The van der Waals surface area contributed by atoms with Crippen LogP contribution < -0.4 is 5.32 Å². The molecule has 2 aromatic heterocycles. The number of halogens is 1. The average Bonchev–Trinajstić information content (AvgIpc) is 3.27. The van der Waals surface area contributed by atoms with Crippen LogP contribution in [0.4, 0.5) is 11.6 Å². The summed E-state index contributed by atoms with van der Waals surface area (Å²) in [6.07, 6.45) is 6.06. The highest BCUT2D eigenvalue weighted by Gasteiger charge is 2.40. The summed E-state index contributed by atoms with van der Waals surface area (Å²) < 4.78 is 0.968. The van der Waals surface area contributed by atoms with Crippen molar-refractivity contribution in [2.24, 2.45) is 11.8 Å². The predicted molar refractivity (Wildman–Crippen MR) is 133 cm³/mol. The lowest BCUT2D eigenvalue weighted by Crippen LogP contribution is -2.35. The number of anilines is 2. The molecule has 1 fully saturated rings. The van der Waals surface area contributed by atoms with Gasteiger partial charge in [0.05, 0.1) is 10.8 Å². The van der Waals surface area contributed by atoms with Gasteiger partial charge in [-0.1, -0.05) is 0 Å². The second-order valence-electron chi connectivity index (χ2n) is 8.87. The van der Waals surface area contributed by atoms with Crippen LogP contribution in [-0.4, -0.2) is 31.1 Å². The molecule has 1 aliphatic carbocycles. The standard InChI is InChI=1S/C24H27BrN4O3S/c1-13-10-17(29-23-26-9-8-14(2)28-23)11-18(20(13)25)19-12-27-22(33-19)24(3,32)16-6-4-15(5-7-16)21(30)31/h8-12,15-16,32H,4-7H2,1-3H3,(H,30,31)(H,26,28,29)/t15?,16?,24-/m1/s1. The van der Waals surface area contributed by atoms with Crippen molar-refractivity contribution < 1.29 is 15.0 Å². The molecule has 0 spiro atoms. The first kappa shape index (κ1) is 23.8. The summed E-state index contributed by atoms with van der Waals surface area (Å²) in [4.78, 5) is 25.5. The highest BCUT2D eigenvalue weighted by Crippen LogP contribution is 2.44. The van der Waals surface area contributed by atoms with Gasteiger partial charge < -0.3 is 15.5 Å². The van der Waals surface area contributed by atoms with E-state index < -0.39 is 11.6 Å². The lowest BCUT2D eigenvalue weighted by Gasteiger charge is -2.35. The third-order valence-electron chi connectivity index (χ3n) is 6.38. The molecule has 7 nitrogen and oxygen atoms in total. The Kier molecular flexibility index (Phi) is 6.83. The van der Waals surface area contributed by atoms with Crippen LogP contribution in [0.25, 0.3) is 10.4 Å². The largest absolute Gasteiger partial charge is 0.481 e. The summed E-state index contributed by atoms with van der Waals surface area (Å²) in [6, 6.07) is 5.90. The van der Waals surface area contributed by atoms with Crippen LogP contribution in [0.3, 0.4) is 0 Å². The molecule has 4 rings (SSSR count). The maximum absolute atomic E-state index is 11.4. The monoisotopic (exact) mass is 530 g/mol. The maximum atomic E-state index is 11.4. The fraction of sp³-hybridized carbons (Fsp3) is 0.417. The van der Waals surface area contributed by atoms with Crippen molar-refractivity contribution in [2.75, 3.05) is 5.32 Å². The molecular formula is C24H27BrN4O3S. The number of hydrogen-bond acceptors (Lipinski definition) is 7. The van der Waals surface area contributed by atoms with E-state index in [1.165, 1.54) is 11.3 Å². The van der Waals surface area contributed by atoms with Gasteiger partial charge in [-0.15, -0.1) is 11.3 Å². The molecule has 9 heteroatoms. The van der Waals surface area contributed by atoms with Gasteiger partial charge in [-0.3, -0.25) is 4.79 Å². The predicted octanol–water partition coefficient (Wildman–Crippen LogP) is 5.82. The zero-order valence-corrected chi connectivity index (χ0v) is 21.2. The van der Waals surface area contributed by atoms with E-state index in [-0.39, 0.29) is 11.8 Å². The van der Waals surface area contributed by atoms with Gasteiger partial charge in [0.2, 0.25) is 5.95 Å². The van der Waals surface area contributed by atoms with Crippen LogP contribution in [0.15, 0.2) is 35.1 Å².